The third-order valence-corrected chi connectivity index (χ3v) is 4.05. The summed E-state index contributed by atoms with van der Waals surface area (Å²) in [6.07, 6.45) is 3.68. The van der Waals surface area contributed by atoms with Gasteiger partial charge in [-0.2, -0.15) is 4.68 Å². The molecule has 2 heterocycles. The number of H-pyrrole nitrogens is 1. The molecule has 0 saturated carbocycles. The number of rotatable bonds is 4. The summed E-state index contributed by atoms with van der Waals surface area (Å²) in [6, 6.07) is 2.23. The minimum Gasteiger partial charge on any atom is -0.305 e. The maximum absolute atomic E-state index is 12.5. The fraction of sp³-hybridized carbons (Fsp3) is 0.154. The number of aromatic amines is 1. The zero-order valence-electron chi connectivity index (χ0n) is 13.5. The molecule has 0 aliphatic carbocycles. The first-order valence-electron chi connectivity index (χ1n) is 7.04. The van der Waals surface area contributed by atoms with E-state index in [1.807, 2.05) is 0 Å². The molecule has 136 valence electrons. The Labute approximate surface area is 144 Å². The summed E-state index contributed by atoms with van der Waals surface area (Å²) >= 11 is 0. The predicted octanol–water partition coefficient (Wildman–Crippen LogP) is -0.405. The van der Waals surface area contributed by atoms with Gasteiger partial charge in [0.05, 0.1) is 22.1 Å². The van der Waals surface area contributed by atoms with E-state index in [4.69, 9.17) is 0 Å². The number of sulfonamides is 1. The van der Waals surface area contributed by atoms with Gasteiger partial charge in [-0.15, -0.1) is 0 Å². The Kier molecular flexibility index (Phi) is 3.87. The summed E-state index contributed by atoms with van der Waals surface area (Å²) < 4.78 is 24.4. The molecule has 0 radical (unpaired) electrons. The van der Waals surface area contributed by atoms with Crippen molar-refractivity contribution in [2.75, 3.05) is 11.1 Å². The van der Waals surface area contributed by atoms with E-state index in [-0.39, 0.29) is 27.0 Å². The van der Waals surface area contributed by atoms with E-state index in [9.17, 15) is 28.1 Å². The number of benzene rings is 1. The van der Waals surface area contributed by atoms with Crippen LogP contribution in [0.25, 0.3) is 16.6 Å². The Morgan fingerprint density at radius 2 is 2.00 bits per heavy atom. The summed E-state index contributed by atoms with van der Waals surface area (Å²) in [4.78, 5) is 43.3. The van der Waals surface area contributed by atoms with Gasteiger partial charge in [0, 0.05) is 18.5 Å². The Hall–Kier alpha value is -3.48. The van der Waals surface area contributed by atoms with Gasteiger partial charge in [0.25, 0.3) is 11.2 Å². The topological polar surface area (TPSA) is 162 Å². The van der Waals surface area contributed by atoms with Gasteiger partial charge >= 0.3 is 5.69 Å². The number of nitro groups is 1. The molecule has 0 saturated heterocycles. The van der Waals surface area contributed by atoms with Gasteiger partial charge in [-0.1, -0.05) is 0 Å². The number of hydrogen-bond acceptors (Lipinski definition) is 7. The SMILES string of the molecule is Cc1nccn1-c1cc2c(=O)n(NS(C)(=O)=O)c(=O)[nH]c2cc1[N+](=O)[O-]. The van der Waals surface area contributed by atoms with Crippen LogP contribution in [0.5, 0.6) is 0 Å². The summed E-state index contributed by atoms with van der Waals surface area (Å²) in [5, 5.41) is 11.3. The van der Waals surface area contributed by atoms with Crippen LogP contribution in [0, 0.1) is 17.0 Å². The molecule has 3 aromatic rings. The molecule has 0 amide bonds. The standard InChI is InChI=1S/C13H12N6O6S/c1-7-14-3-4-17(7)10-5-8-9(6-11(10)19(22)23)15-13(21)18(12(8)20)16-26(2,24)25/h3-6,16H,1-2H3,(H,15,21). The van der Waals surface area contributed by atoms with E-state index in [2.05, 4.69) is 9.97 Å². The normalized spacial score (nSPS) is 11.6. The molecule has 0 fully saturated rings. The van der Waals surface area contributed by atoms with Crippen LogP contribution in [0.4, 0.5) is 5.69 Å². The smallest absolute Gasteiger partial charge is 0.305 e. The number of aromatic nitrogens is 4. The third-order valence-electron chi connectivity index (χ3n) is 3.53. The molecule has 3 rings (SSSR count). The number of fused-ring (bicyclic) bond motifs is 1. The highest BCUT2D eigenvalue weighted by atomic mass is 32.2. The highest BCUT2D eigenvalue weighted by molar-refractivity contribution is 7.91. The lowest BCUT2D eigenvalue weighted by atomic mass is 10.2. The van der Waals surface area contributed by atoms with Crippen LogP contribution in [0.15, 0.2) is 34.1 Å². The van der Waals surface area contributed by atoms with Crippen molar-refractivity contribution in [2.45, 2.75) is 6.92 Å². The van der Waals surface area contributed by atoms with E-state index < -0.39 is 26.2 Å². The van der Waals surface area contributed by atoms with Gasteiger partial charge in [0.15, 0.2) is 0 Å². The second-order valence-electron chi connectivity index (χ2n) is 5.42. The van der Waals surface area contributed by atoms with Crippen molar-refractivity contribution in [3.05, 3.63) is 61.3 Å². The van der Waals surface area contributed by atoms with Crippen LogP contribution in [0.2, 0.25) is 0 Å². The summed E-state index contributed by atoms with van der Waals surface area (Å²) in [5.41, 5.74) is -2.45. The predicted molar refractivity (Wildman–Crippen MR) is 91.5 cm³/mol. The molecule has 1 aromatic carbocycles. The van der Waals surface area contributed by atoms with Crippen molar-refractivity contribution < 1.29 is 13.3 Å². The van der Waals surface area contributed by atoms with Crippen molar-refractivity contribution in [1.29, 1.82) is 0 Å². The second-order valence-corrected chi connectivity index (χ2v) is 7.15. The highest BCUT2D eigenvalue weighted by Gasteiger charge is 2.21. The van der Waals surface area contributed by atoms with Gasteiger partial charge < -0.3 is 4.98 Å². The lowest BCUT2D eigenvalue weighted by Crippen LogP contribution is -2.43. The maximum atomic E-state index is 12.5. The number of aryl methyl sites for hydroxylation is 1. The minimum absolute atomic E-state index is 0.0487. The van der Waals surface area contributed by atoms with Crippen LogP contribution in [-0.4, -0.2) is 38.8 Å². The summed E-state index contributed by atoms with van der Waals surface area (Å²) in [5.74, 6) is 0.437. The molecule has 0 aliphatic rings. The quantitative estimate of drug-likeness (QED) is 0.459. The van der Waals surface area contributed by atoms with Crippen molar-refractivity contribution >= 4 is 26.6 Å². The van der Waals surface area contributed by atoms with E-state index >= 15 is 0 Å². The van der Waals surface area contributed by atoms with Crippen molar-refractivity contribution in [1.82, 2.24) is 19.2 Å². The van der Waals surface area contributed by atoms with E-state index in [0.717, 1.165) is 12.3 Å². The molecule has 0 bridgehead atoms. The fourth-order valence-corrected chi connectivity index (χ4v) is 2.96. The number of hydrogen-bond donors (Lipinski definition) is 2. The van der Waals surface area contributed by atoms with Crippen LogP contribution in [0.3, 0.4) is 0 Å². The third kappa shape index (κ3) is 2.95. The molecular weight excluding hydrogens is 368 g/mol. The first kappa shape index (κ1) is 17.3. The first-order valence-corrected chi connectivity index (χ1v) is 8.93. The second kappa shape index (κ2) is 5.80. The molecule has 0 spiro atoms. The fourth-order valence-electron chi connectivity index (χ4n) is 2.46. The Morgan fingerprint density at radius 1 is 1.31 bits per heavy atom. The number of nitrogens with one attached hydrogen (secondary N) is 2. The summed E-state index contributed by atoms with van der Waals surface area (Å²) in [6.45, 7) is 1.62. The zero-order valence-corrected chi connectivity index (χ0v) is 14.3. The Morgan fingerprint density at radius 3 is 2.54 bits per heavy atom. The number of imidazole rings is 1. The number of nitrogens with zero attached hydrogens (tertiary/aromatic N) is 4. The summed E-state index contributed by atoms with van der Waals surface area (Å²) in [7, 11) is -3.90. The van der Waals surface area contributed by atoms with E-state index in [0.29, 0.717) is 5.82 Å². The molecule has 0 atom stereocenters. The van der Waals surface area contributed by atoms with Crippen LogP contribution in [-0.2, 0) is 10.0 Å². The molecule has 12 nitrogen and oxygen atoms in total. The highest BCUT2D eigenvalue weighted by Crippen LogP contribution is 2.27. The average Bonchev–Trinajstić information content (AvgIpc) is 2.95. The Balaban J connectivity index is 2.41. The minimum atomic E-state index is -3.90. The van der Waals surface area contributed by atoms with Crippen LogP contribution < -0.4 is 16.1 Å². The Bertz CT molecular complexity index is 1270. The van der Waals surface area contributed by atoms with Gasteiger partial charge in [-0.25, -0.2) is 23.0 Å². The molecule has 2 aromatic heterocycles. The molecule has 0 aliphatic heterocycles. The van der Waals surface area contributed by atoms with Gasteiger partial charge in [0.2, 0.25) is 10.0 Å². The first-order chi connectivity index (χ1) is 12.1. The van der Waals surface area contributed by atoms with Gasteiger partial charge in [0.1, 0.15) is 11.5 Å². The van der Waals surface area contributed by atoms with E-state index in [1.54, 1.807) is 11.8 Å². The molecule has 26 heavy (non-hydrogen) atoms. The van der Waals surface area contributed by atoms with Crippen LogP contribution >= 0.6 is 0 Å². The van der Waals surface area contributed by atoms with Crippen molar-refractivity contribution in [3.8, 4) is 5.69 Å². The molecule has 2 N–H and O–H groups in total. The molecule has 13 heteroatoms. The van der Waals surface area contributed by atoms with Gasteiger partial charge in [-0.3, -0.25) is 19.5 Å². The lowest BCUT2D eigenvalue weighted by Gasteiger charge is -2.10. The molecule has 0 unspecified atom stereocenters. The van der Waals surface area contributed by atoms with Crippen molar-refractivity contribution in [3.63, 3.8) is 0 Å². The van der Waals surface area contributed by atoms with Crippen molar-refractivity contribution in [2.24, 2.45) is 0 Å². The molecular formula is C13H12N6O6S. The van der Waals surface area contributed by atoms with E-state index in [1.165, 1.54) is 23.0 Å². The van der Waals surface area contributed by atoms with Gasteiger partial charge in [-0.05, 0) is 13.0 Å². The zero-order chi connectivity index (χ0) is 19.2. The number of nitro benzene ring substituents is 1. The van der Waals surface area contributed by atoms with Crippen LogP contribution in [0.1, 0.15) is 5.82 Å². The lowest BCUT2D eigenvalue weighted by molar-refractivity contribution is -0.384. The monoisotopic (exact) mass is 380 g/mol. The average molecular weight is 380 g/mol. The largest absolute Gasteiger partial charge is 0.348 e. The maximum Gasteiger partial charge on any atom is 0.348 e.